The molecule has 0 aromatic heterocycles. The van der Waals surface area contributed by atoms with Crippen LogP contribution in [-0.4, -0.2) is 23.3 Å². The van der Waals surface area contributed by atoms with Gasteiger partial charge in [-0.1, -0.05) is 12.8 Å². The standard InChI is InChI=1S/C8H19N3S2/c1-13-7(12)5-3-2-4-6-11-8(9)10/h7,12H,2-6H2,1H3,(H4,9,10,11). The van der Waals surface area contributed by atoms with Gasteiger partial charge in [-0.2, -0.15) is 24.4 Å². The van der Waals surface area contributed by atoms with Crippen LogP contribution in [0.25, 0.3) is 0 Å². The van der Waals surface area contributed by atoms with Crippen LogP contribution >= 0.6 is 24.4 Å². The van der Waals surface area contributed by atoms with Crippen LogP contribution in [0.4, 0.5) is 0 Å². The predicted octanol–water partition coefficient (Wildman–Crippen LogP) is 1.65. The molecular weight excluding hydrogens is 202 g/mol. The molecular formula is C8H19N3S2. The normalized spacial score (nSPS) is 12.5. The fourth-order valence-electron chi connectivity index (χ4n) is 0.962. The number of thiol groups is 1. The van der Waals surface area contributed by atoms with Crippen molar-refractivity contribution in [1.29, 1.82) is 5.41 Å². The summed E-state index contributed by atoms with van der Waals surface area (Å²) in [5.41, 5.74) is 5.13. The summed E-state index contributed by atoms with van der Waals surface area (Å²) in [6, 6.07) is 0. The third kappa shape index (κ3) is 9.89. The van der Waals surface area contributed by atoms with Crippen LogP contribution < -0.4 is 11.1 Å². The topological polar surface area (TPSA) is 61.9 Å². The lowest BCUT2D eigenvalue weighted by molar-refractivity contribution is 0.650. The Labute approximate surface area is 90.1 Å². The Kier molecular flexibility index (Phi) is 8.54. The largest absolute Gasteiger partial charge is 0.370 e. The van der Waals surface area contributed by atoms with Crippen LogP contribution in [0.3, 0.4) is 0 Å². The first kappa shape index (κ1) is 13.0. The van der Waals surface area contributed by atoms with Gasteiger partial charge in [0.05, 0.1) is 0 Å². The smallest absolute Gasteiger partial charge is 0.185 e. The predicted molar refractivity (Wildman–Crippen MR) is 64.7 cm³/mol. The summed E-state index contributed by atoms with van der Waals surface area (Å²) in [4.78, 5) is 0. The zero-order valence-corrected chi connectivity index (χ0v) is 9.76. The molecule has 13 heavy (non-hydrogen) atoms. The molecule has 0 bridgehead atoms. The summed E-state index contributed by atoms with van der Waals surface area (Å²) in [6.07, 6.45) is 6.69. The second-order valence-corrected chi connectivity index (χ2v) is 4.89. The fraction of sp³-hybridized carbons (Fsp3) is 0.875. The molecule has 0 saturated carbocycles. The van der Waals surface area contributed by atoms with Gasteiger partial charge in [0, 0.05) is 11.1 Å². The lowest BCUT2D eigenvalue weighted by Crippen LogP contribution is -2.30. The van der Waals surface area contributed by atoms with Crippen LogP contribution in [0.15, 0.2) is 0 Å². The maximum Gasteiger partial charge on any atom is 0.185 e. The van der Waals surface area contributed by atoms with Crippen molar-refractivity contribution < 1.29 is 0 Å². The maximum absolute atomic E-state index is 6.92. The van der Waals surface area contributed by atoms with Gasteiger partial charge in [-0.3, -0.25) is 5.41 Å². The van der Waals surface area contributed by atoms with E-state index in [2.05, 4.69) is 24.2 Å². The van der Waals surface area contributed by atoms with E-state index in [0.717, 1.165) is 19.4 Å². The second-order valence-electron chi connectivity index (χ2n) is 2.88. The van der Waals surface area contributed by atoms with E-state index in [0.29, 0.717) is 4.58 Å². The molecule has 0 rings (SSSR count). The number of thioether (sulfide) groups is 1. The third-order valence-electron chi connectivity index (χ3n) is 1.72. The maximum atomic E-state index is 6.92. The minimum atomic E-state index is 0.0659. The van der Waals surface area contributed by atoms with Gasteiger partial charge >= 0.3 is 0 Å². The molecule has 0 aromatic carbocycles. The molecule has 0 saturated heterocycles. The first-order valence-electron chi connectivity index (χ1n) is 4.45. The third-order valence-corrected chi connectivity index (χ3v) is 3.39. The SMILES string of the molecule is CSC(S)CCCCCNC(=N)N. The van der Waals surface area contributed by atoms with E-state index in [1.807, 2.05) is 0 Å². The molecule has 0 spiro atoms. The fourth-order valence-corrected chi connectivity index (χ4v) is 1.55. The molecule has 1 atom stereocenters. The van der Waals surface area contributed by atoms with Gasteiger partial charge < -0.3 is 11.1 Å². The van der Waals surface area contributed by atoms with Gasteiger partial charge in [-0.15, -0.1) is 0 Å². The Balaban J connectivity index is 3.04. The van der Waals surface area contributed by atoms with Crippen LogP contribution in [0.2, 0.25) is 0 Å². The van der Waals surface area contributed by atoms with E-state index < -0.39 is 0 Å². The molecule has 3 nitrogen and oxygen atoms in total. The van der Waals surface area contributed by atoms with Crippen molar-refractivity contribution in [1.82, 2.24) is 5.32 Å². The summed E-state index contributed by atoms with van der Waals surface area (Å²) in [5.74, 6) is 0.0659. The Morgan fingerprint density at radius 2 is 2.23 bits per heavy atom. The van der Waals surface area contributed by atoms with Crippen LogP contribution in [0.5, 0.6) is 0 Å². The van der Waals surface area contributed by atoms with E-state index >= 15 is 0 Å². The van der Waals surface area contributed by atoms with E-state index in [4.69, 9.17) is 11.1 Å². The number of guanidine groups is 1. The van der Waals surface area contributed by atoms with E-state index in [1.165, 1.54) is 12.8 Å². The van der Waals surface area contributed by atoms with Crippen molar-refractivity contribution in [2.45, 2.75) is 30.3 Å². The first-order chi connectivity index (χ1) is 6.16. The molecule has 0 amide bonds. The van der Waals surface area contributed by atoms with Crippen molar-refractivity contribution in [3.8, 4) is 0 Å². The highest BCUT2D eigenvalue weighted by Gasteiger charge is 1.98. The molecule has 0 aliphatic carbocycles. The summed E-state index contributed by atoms with van der Waals surface area (Å²) in [6.45, 7) is 0.811. The minimum Gasteiger partial charge on any atom is -0.370 e. The Hall–Kier alpha value is -0.0300. The Morgan fingerprint density at radius 1 is 1.54 bits per heavy atom. The highest BCUT2D eigenvalue weighted by atomic mass is 32.2. The van der Waals surface area contributed by atoms with Crippen molar-refractivity contribution in [2.75, 3.05) is 12.8 Å². The summed E-state index contributed by atoms with van der Waals surface area (Å²) in [5, 5.41) is 9.71. The number of hydrogen-bond donors (Lipinski definition) is 4. The molecule has 0 radical (unpaired) electrons. The average molecular weight is 221 g/mol. The average Bonchev–Trinajstić information content (AvgIpc) is 2.10. The zero-order valence-electron chi connectivity index (χ0n) is 8.05. The number of unbranched alkanes of at least 4 members (excludes halogenated alkanes) is 2. The molecule has 0 aliphatic rings. The molecule has 0 fully saturated rings. The quantitative estimate of drug-likeness (QED) is 0.174. The zero-order chi connectivity index (χ0) is 10.1. The van der Waals surface area contributed by atoms with Crippen molar-refractivity contribution in [3.63, 3.8) is 0 Å². The van der Waals surface area contributed by atoms with Gasteiger partial charge in [0.15, 0.2) is 5.96 Å². The second kappa shape index (κ2) is 8.56. The molecule has 5 heteroatoms. The lowest BCUT2D eigenvalue weighted by atomic mass is 10.2. The van der Waals surface area contributed by atoms with Gasteiger partial charge in [-0.05, 0) is 19.1 Å². The molecule has 0 heterocycles. The lowest BCUT2D eigenvalue weighted by Gasteiger charge is -2.06. The van der Waals surface area contributed by atoms with E-state index in [9.17, 15) is 0 Å². The summed E-state index contributed by atoms with van der Waals surface area (Å²) >= 11 is 6.17. The van der Waals surface area contributed by atoms with Crippen LogP contribution in [0.1, 0.15) is 25.7 Å². The van der Waals surface area contributed by atoms with Crippen LogP contribution in [-0.2, 0) is 0 Å². The molecule has 4 N–H and O–H groups in total. The van der Waals surface area contributed by atoms with Crippen LogP contribution in [0, 0.1) is 5.41 Å². The van der Waals surface area contributed by atoms with Gasteiger partial charge in [0.2, 0.25) is 0 Å². The molecule has 0 aromatic rings. The Morgan fingerprint density at radius 3 is 2.77 bits per heavy atom. The van der Waals surface area contributed by atoms with Gasteiger partial charge in [-0.25, -0.2) is 0 Å². The number of nitrogens with one attached hydrogen (secondary N) is 2. The monoisotopic (exact) mass is 221 g/mol. The van der Waals surface area contributed by atoms with E-state index in [1.54, 1.807) is 11.8 Å². The van der Waals surface area contributed by atoms with E-state index in [-0.39, 0.29) is 5.96 Å². The number of hydrogen-bond acceptors (Lipinski definition) is 3. The van der Waals surface area contributed by atoms with Gasteiger partial charge in [0.25, 0.3) is 0 Å². The molecule has 78 valence electrons. The molecule has 1 unspecified atom stereocenters. The van der Waals surface area contributed by atoms with Crippen molar-refractivity contribution in [2.24, 2.45) is 5.73 Å². The minimum absolute atomic E-state index is 0.0659. The summed E-state index contributed by atoms with van der Waals surface area (Å²) in [7, 11) is 0. The summed E-state index contributed by atoms with van der Waals surface area (Å²) < 4.78 is 0.473. The first-order valence-corrected chi connectivity index (χ1v) is 6.26. The Bertz CT molecular complexity index is 141. The van der Waals surface area contributed by atoms with Gasteiger partial charge in [0.1, 0.15) is 0 Å². The number of rotatable bonds is 7. The van der Waals surface area contributed by atoms with Crippen molar-refractivity contribution >= 4 is 30.4 Å². The molecule has 0 aliphatic heterocycles. The highest BCUT2D eigenvalue weighted by molar-refractivity contribution is 8.09. The van der Waals surface area contributed by atoms with Crippen molar-refractivity contribution in [3.05, 3.63) is 0 Å². The number of nitrogens with two attached hydrogens (primary N) is 1. The highest BCUT2D eigenvalue weighted by Crippen LogP contribution is 2.17.